The van der Waals surface area contributed by atoms with Crippen molar-refractivity contribution in [3.8, 4) is 10.6 Å². The quantitative estimate of drug-likeness (QED) is 0.661. The van der Waals surface area contributed by atoms with Crippen molar-refractivity contribution in [3.63, 3.8) is 0 Å². The third kappa shape index (κ3) is 4.03. The number of thiazole rings is 1. The molecule has 0 spiro atoms. The van der Waals surface area contributed by atoms with Gasteiger partial charge < -0.3 is 0 Å². The van der Waals surface area contributed by atoms with E-state index in [1.54, 1.807) is 0 Å². The second-order valence-corrected chi connectivity index (χ2v) is 6.93. The molecule has 21 heavy (non-hydrogen) atoms. The van der Waals surface area contributed by atoms with Gasteiger partial charge in [0.25, 0.3) is 0 Å². The molecule has 0 aliphatic carbocycles. The number of halogens is 4. The first-order valence-electron chi connectivity index (χ1n) is 6.38. The number of nitrogens with zero attached hydrogens (tertiary/aromatic N) is 1. The lowest BCUT2D eigenvalue weighted by atomic mass is 9.91. The lowest BCUT2D eigenvalue weighted by Crippen LogP contribution is -2.09. The van der Waals surface area contributed by atoms with Crippen LogP contribution in [0.15, 0.2) is 23.6 Å². The zero-order valence-corrected chi connectivity index (χ0v) is 12.7. The molecule has 1 aromatic heterocycles. The van der Waals surface area contributed by atoms with Crippen LogP contribution in [0.3, 0.4) is 0 Å². The van der Waals surface area contributed by atoms with Gasteiger partial charge in [-0.1, -0.05) is 26.8 Å². The monoisotopic (exact) mass is 317 g/mol. The Bertz CT molecular complexity index is 638. The van der Waals surface area contributed by atoms with Crippen molar-refractivity contribution in [1.29, 1.82) is 0 Å². The van der Waals surface area contributed by atoms with Gasteiger partial charge in [0.1, 0.15) is 10.8 Å². The fourth-order valence-corrected chi connectivity index (χ4v) is 2.76. The van der Waals surface area contributed by atoms with Crippen molar-refractivity contribution in [2.75, 3.05) is 0 Å². The first-order chi connectivity index (χ1) is 9.56. The van der Waals surface area contributed by atoms with Crippen molar-refractivity contribution in [3.05, 3.63) is 40.7 Å². The Labute approximate surface area is 124 Å². The van der Waals surface area contributed by atoms with E-state index in [0.717, 1.165) is 24.2 Å². The molecule has 1 nitrogen and oxygen atoms in total. The maximum atomic E-state index is 13.6. The minimum absolute atomic E-state index is 0.0662. The molecule has 0 N–H and O–H groups in total. The van der Waals surface area contributed by atoms with E-state index in [-0.39, 0.29) is 5.41 Å². The highest BCUT2D eigenvalue weighted by Crippen LogP contribution is 2.34. The summed E-state index contributed by atoms with van der Waals surface area (Å²) >= 11 is 1.31. The summed E-state index contributed by atoms with van der Waals surface area (Å²) in [7, 11) is 0. The molecule has 114 valence electrons. The Morgan fingerprint density at radius 3 is 2.33 bits per heavy atom. The molecule has 2 rings (SSSR count). The molecule has 0 radical (unpaired) electrons. The van der Waals surface area contributed by atoms with Gasteiger partial charge in [0.05, 0.1) is 11.3 Å². The van der Waals surface area contributed by atoms with Gasteiger partial charge in [-0.15, -0.1) is 11.3 Å². The highest BCUT2D eigenvalue weighted by molar-refractivity contribution is 7.13. The van der Waals surface area contributed by atoms with Gasteiger partial charge >= 0.3 is 6.18 Å². The summed E-state index contributed by atoms with van der Waals surface area (Å²) in [5.41, 5.74) is 0.0442. The molecule has 0 amide bonds. The largest absolute Gasteiger partial charge is 0.419 e. The number of benzene rings is 1. The van der Waals surface area contributed by atoms with Crippen LogP contribution in [-0.4, -0.2) is 4.98 Å². The van der Waals surface area contributed by atoms with Crippen LogP contribution in [0.25, 0.3) is 10.6 Å². The van der Waals surface area contributed by atoms with Crippen molar-refractivity contribution >= 4 is 11.3 Å². The Kier molecular flexibility index (Phi) is 4.10. The number of hydrogen-bond acceptors (Lipinski definition) is 2. The summed E-state index contributed by atoms with van der Waals surface area (Å²) in [4.78, 5) is 4.37. The van der Waals surface area contributed by atoms with Gasteiger partial charge in [-0.3, -0.25) is 0 Å². The molecule has 1 heterocycles. The molecule has 0 saturated carbocycles. The van der Waals surface area contributed by atoms with Gasteiger partial charge in [-0.05, 0) is 24.0 Å². The van der Waals surface area contributed by atoms with E-state index in [4.69, 9.17) is 0 Å². The van der Waals surface area contributed by atoms with E-state index in [1.165, 1.54) is 17.4 Å². The molecule has 0 saturated heterocycles. The van der Waals surface area contributed by atoms with Crippen molar-refractivity contribution in [2.24, 2.45) is 5.41 Å². The Hall–Kier alpha value is -1.43. The average molecular weight is 317 g/mol. The molecule has 0 unspecified atom stereocenters. The second kappa shape index (κ2) is 5.40. The standard InChI is InChI=1S/C15H15F4NS/c1-14(2,3)7-10-8-21-13(20-10)9-4-5-11(12(16)6-9)15(17,18)19/h4-6,8H,7H2,1-3H3. The topological polar surface area (TPSA) is 12.9 Å². The zero-order chi connectivity index (χ0) is 15.8. The smallest absolute Gasteiger partial charge is 0.241 e. The molecule has 0 aliphatic heterocycles. The number of hydrogen-bond donors (Lipinski definition) is 0. The Morgan fingerprint density at radius 2 is 1.81 bits per heavy atom. The fraction of sp³-hybridized carbons (Fsp3) is 0.400. The van der Waals surface area contributed by atoms with Gasteiger partial charge in [0, 0.05) is 10.9 Å². The molecule has 0 bridgehead atoms. The van der Waals surface area contributed by atoms with E-state index in [9.17, 15) is 17.6 Å². The third-order valence-corrected chi connectivity index (χ3v) is 3.72. The molecule has 0 aliphatic rings. The van der Waals surface area contributed by atoms with Crippen LogP contribution in [0.5, 0.6) is 0 Å². The minimum Gasteiger partial charge on any atom is -0.241 e. The molecular weight excluding hydrogens is 302 g/mol. The fourth-order valence-electron chi connectivity index (χ4n) is 1.94. The normalized spacial score (nSPS) is 12.7. The lowest BCUT2D eigenvalue weighted by molar-refractivity contribution is -0.139. The van der Waals surface area contributed by atoms with Crippen molar-refractivity contribution in [2.45, 2.75) is 33.4 Å². The van der Waals surface area contributed by atoms with Gasteiger partial charge in [-0.25, -0.2) is 9.37 Å². The predicted octanol–water partition coefficient (Wildman–Crippen LogP) is 5.56. The van der Waals surface area contributed by atoms with E-state index in [2.05, 4.69) is 25.8 Å². The predicted molar refractivity (Wildman–Crippen MR) is 75.7 cm³/mol. The summed E-state index contributed by atoms with van der Waals surface area (Å²) in [6.07, 6.45) is -3.92. The molecule has 0 atom stereocenters. The lowest BCUT2D eigenvalue weighted by Gasteiger charge is -2.15. The number of aromatic nitrogens is 1. The van der Waals surface area contributed by atoms with Crippen LogP contribution in [0, 0.1) is 11.2 Å². The van der Waals surface area contributed by atoms with Crippen molar-refractivity contribution in [1.82, 2.24) is 4.98 Å². The third-order valence-electron chi connectivity index (χ3n) is 2.78. The van der Waals surface area contributed by atoms with Gasteiger partial charge in [-0.2, -0.15) is 13.2 Å². The molecular formula is C15H15F4NS. The SMILES string of the molecule is CC(C)(C)Cc1csc(-c2ccc(C(F)(F)F)c(F)c2)n1. The van der Waals surface area contributed by atoms with Gasteiger partial charge in [0.15, 0.2) is 0 Å². The van der Waals surface area contributed by atoms with Crippen LogP contribution < -0.4 is 0 Å². The van der Waals surface area contributed by atoms with Crippen LogP contribution >= 0.6 is 11.3 Å². The van der Waals surface area contributed by atoms with E-state index in [1.807, 2.05) is 5.38 Å². The Balaban J connectivity index is 2.29. The minimum atomic E-state index is -4.68. The average Bonchev–Trinajstić information content (AvgIpc) is 2.73. The highest BCUT2D eigenvalue weighted by Gasteiger charge is 2.34. The number of rotatable bonds is 2. The van der Waals surface area contributed by atoms with Gasteiger partial charge in [0.2, 0.25) is 0 Å². The first kappa shape index (κ1) is 15.9. The first-order valence-corrected chi connectivity index (χ1v) is 7.26. The maximum absolute atomic E-state index is 13.6. The summed E-state index contributed by atoms with van der Waals surface area (Å²) in [5.74, 6) is -1.27. The zero-order valence-electron chi connectivity index (χ0n) is 11.9. The summed E-state index contributed by atoms with van der Waals surface area (Å²) in [5, 5.41) is 2.39. The maximum Gasteiger partial charge on any atom is 0.419 e. The summed E-state index contributed by atoms with van der Waals surface area (Å²) < 4.78 is 51.1. The molecule has 6 heteroatoms. The van der Waals surface area contributed by atoms with Crippen LogP contribution in [0.4, 0.5) is 17.6 Å². The van der Waals surface area contributed by atoms with Crippen molar-refractivity contribution < 1.29 is 17.6 Å². The molecule has 1 aromatic carbocycles. The van der Waals surface area contributed by atoms with E-state index in [0.29, 0.717) is 10.6 Å². The highest BCUT2D eigenvalue weighted by atomic mass is 32.1. The number of alkyl halides is 3. The van der Waals surface area contributed by atoms with E-state index < -0.39 is 17.6 Å². The van der Waals surface area contributed by atoms with Crippen LogP contribution in [0.1, 0.15) is 32.0 Å². The van der Waals surface area contributed by atoms with Crippen LogP contribution in [0.2, 0.25) is 0 Å². The van der Waals surface area contributed by atoms with Crippen LogP contribution in [-0.2, 0) is 12.6 Å². The summed E-state index contributed by atoms with van der Waals surface area (Å²) in [6, 6.07) is 2.91. The van der Waals surface area contributed by atoms with E-state index >= 15 is 0 Å². The summed E-state index contributed by atoms with van der Waals surface area (Å²) in [6.45, 7) is 6.22. The molecule has 0 fully saturated rings. The second-order valence-electron chi connectivity index (χ2n) is 6.07. The Morgan fingerprint density at radius 1 is 1.14 bits per heavy atom. The molecule has 2 aromatic rings.